The second-order valence-corrected chi connectivity index (χ2v) is 10.2. The van der Waals surface area contributed by atoms with Crippen LogP contribution in [0.25, 0.3) is 0 Å². The highest BCUT2D eigenvalue weighted by Gasteiger charge is 2.37. The van der Waals surface area contributed by atoms with E-state index in [1.807, 2.05) is 82.3 Å². The fourth-order valence-corrected chi connectivity index (χ4v) is 3.87. The number of carbonyl (C=O) groups excluding carboxylic acids is 3. The van der Waals surface area contributed by atoms with E-state index in [0.717, 1.165) is 11.1 Å². The molecule has 2 aromatic rings. The van der Waals surface area contributed by atoms with Crippen LogP contribution in [0.1, 0.15) is 70.7 Å². The topological polar surface area (TPSA) is 87.7 Å². The molecule has 0 heterocycles. The molecule has 0 radical (unpaired) electrons. The van der Waals surface area contributed by atoms with E-state index in [-0.39, 0.29) is 17.7 Å². The average Bonchev–Trinajstić information content (AvgIpc) is 2.83. The van der Waals surface area contributed by atoms with Crippen molar-refractivity contribution in [3.8, 4) is 0 Å². The SMILES string of the molecule is CCC(C)C(NC(=O)OC(C)(C)C)C(=O)N(CC)C(C(=O)NCc1ccccc1)c1ccc(C)cc1. The first-order valence-electron chi connectivity index (χ1n) is 12.6. The van der Waals surface area contributed by atoms with Gasteiger partial charge in [0.2, 0.25) is 11.8 Å². The highest BCUT2D eigenvalue weighted by atomic mass is 16.6. The van der Waals surface area contributed by atoms with Crippen molar-refractivity contribution < 1.29 is 19.1 Å². The summed E-state index contributed by atoms with van der Waals surface area (Å²) in [5, 5.41) is 5.76. The summed E-state index contributed by atoms with van der Waals surface area (Å²) >= 11 is 0. The van der Waals surface area contributed by atoms with Crippen molar-refractivity contribution in [1.29, 1.82) is 0 Å². The number of benzene rings is 2. The van der Waals surface area contributed by atoms with E-state index in [1.165, 1.54) is 0 Å². The Hall–Kier alpha value is -3.35. The molecule has 0 aliphatic heterocycles. The highest BCUT2D eigenvalue weighted by Crippen LogP contribution is 2.25. The van der Waals surface area contributed by atoms with E-state index in [9.17, 15) is 14.4 Å². The summed E-state index contributed by atoms with van der Waals surface area (Å²) in [6, 6.07) is 15.5. The monoisotopic (exact) mass is 495 g/mol. The van der Waals surface area contributed by atoms with Gasteiger partial charge in [-0.05, 0) is 51.7 Å². The molecule has 7 nitrogen and oxygen atoms in total. The first-order chi connectivity index (χ1) is 17.0. The predicted molar refractivity (Wildman–Crippen MR) is 142 cm³/mol. The molecule has 0 aromatic heterocycles. The lowest BCUT2D eigenvalue weighted by atomic mass is 9.95. The van der Waals surface area contributed by atoms with Crippen molar-refractivity contribution >= 4 is 17.9 Å². The Bertz CT molecular complexity index is 999. The number of nitrogens with one attached hydrogen (secondary N) is 2. The van der Waals surface area contributed by atoms with Crippen LogP contribution in [-0.4, -0.2) is 41.0 Å². The third kappa shape index (κ3) is 8.40. The summed E-state index contributed by atoms with van der Waals surface area (Å²) in [7, 11) is 0. The standard InChI is InChI=1S/C29H41N3O4/c1-8-21(4)24(31-28(35)36-29(5,6)7)27(34)32(9-2)25(23-17-15-20(3)16-18-23)26(33)30-19-22-13-11-10-12-14-22/h10-18,21,24-25H,8-9,19H2,1-7H3,(H,30,33)(H,31,35). The summed E-state index contributed by atoms with van der Waals surface area (Å²) in [5.74, 6) is -0.763. The van der Waals surface area contributed by atoms with E-state index < -0.39 is 23.8 Å². The third-order valence-corrected chi connectivity index (χ3v) is 6.04. The summed E-state index contributed by atoms with van der Waals surface area (Å²) in [4.78, 5) is 41.6. The van der Waals surface area contributed by atoms with Crippen molar-refractivity contribution in [2.75, 3.05) is 6.54 Å². The van der Waals surface area contributed by atoms with Gasteiger partial charge in [0.05, 0.1) is 0 Å². The first kappa shape index (κ1) is 28.9. The number of carbonyl (C=O) groups is 3. The van der Waals surface area contributed by atoms with Gasteiger partial charge in [-0.2, -0.15) is 0 Å². The van der Waals surface area contributed by atoms with Crippen LogP contribution in [0.5, 0.6) is 0 Å². The van der Waals surface area contributed by atoms with Crippen LogP contribution in [0, 0.1) is 12.8 Å². The fourth-order valence-electron chi connectivity index (χ4n) is 3.87. The predicted octanol–water partition coefficient (Wildman–Crippen LogP) is 5.14. The maximum atomic E-state index is 13.9. The molecule has 2 N–H and O–H groups in total. The molecular formula is C29H41N3O4. The third-order valence-electron chi connectivity index (χ3n) is 6.04. The lowest BCUT2D eigenvalue weighted by molar-refractivity contribution is -0.143. The number of rotatable bonds is 10. The molecule has 196 valence electrons. The fraction of sp³-hybridized carbons (Fsp3) is 0.483. The minimum Gasteiger partial charge on any atom is -0.444 e. The van der Waals surface area contributed by atoms with Crippen LogP contribution in [-0.2, 0) is 20.9 Å². The number of ether oxygens (including phenoxy) is 1. The molecule has 3 atom stereocenters. The molecule has 0 fully saturated rings. The number of likely N-dealkylation sites (N-methyl/N-ethyl adjacent to an activating group) is 1. The maximum Gasteiger partial charge on any atom is 0.408 e. The van der Waals surface area contributed by atoms with E-state index in [4.69, 9.17) is 4.74 Å². The Morgan fingerprint density at radius 2 is 1.58 bits per heavy atom. The summed E-state index contributed by atoms with van der Waals surface area (Å²) < 4.78 is 5.42. The molecule has 0 aliphatic rings. The van der Waals surface area contributed by atoms with Crippen LogP contribution < -0.4 is 10.6 Å². The van der Waals surface area contributed by atoms with Gasteiger partial charge in [-0.3, -0.25) is 9.59 Å². The van der Waals surface area contributed by atoms with Gasteiger partial charge in [0.25, 0.3) is 0 Å². The van der Waals surface area contributed by atoms with E-state index in [1.54, 1.807) is 25.7 Å². The molecular weight excluding hydrogens is 454 g/mol. The van der Waals surface area contributed by atoms with Gasteiger partial charge in [-0.15, -0.1) is 0 Å². The molecule has 2 rings (SSSR count). The lowest BCUT2D eigenvalue weighted by Crippen LogP contribution is -2.55. The molecule has 0 bridgehead atoms. The number of aryl methyl sites for hydroxylation is 1. The first-order valence-corrected chi connectivity index (χ1v) is 12.6. The van der Waals surface area contributed by atoms with Gasteiger partial charge in [-0.25, -0.2) is 4.79 Å². The van der Waals surface area contributed by atoms with Crippen molar-refractivity contribution in [3.05, 3.63) is 71.3 Å². The molecule has 0 saturated carbocycles. The Morgan fingerprint density at radius 3 is 2.11 bits per heavy atom. The minimum atomic E-state index is -0.848. The normalized spacial score (nSPS) is 13.8. The number of alkyl carbamates (subject to hydrolysis) is 1. The van der Waals surface area contributed by atoms with Crippen molar-refractivity contribution in [2.24, 2.45) is 5.92 Å². The van der Waals surface area contributed by atoms with Gasteiger partial charge in [0.1, 0.15) is 17.7 Å². The van der Waals surface area contributed by atoms with Gasteiger partial charge in [0, 0.05) is 13.1 Å². The molecule has 0 saturated heterocycles. The number of hydrogen-bond acceptors (Lipinski definition) is 4. The zero-order valence-electron chi connectivity index (χ0n) is 22.6. The second kappa shape index (κ2) is 13.1. The van der Waals surface area contributed by atoms with E-state index in [0.29, 0.717) is 25.1 Å². The molecule has 0 aliphatic carbocycles. The second-order valence-electron chi connectivity index (χ2n) is 10.2. The summed E-state index contributed by atoms with van der Waals surface area (Å²) in [5.41, 5.74) is 2.04. The molecule has 7 heteroatoms. The van der Waals surface area contributed by atoms with Gasteiger partial charge >= 0.3 is 6.09 Å². The summed E-state index contributed by atoms with van der Waals surface area (Å²) in [6.07, 6.45) is 0.0109. The van der Waals surface area contributed by atoms with Gasteiger partial charge in [0.15, 0.2) is 0 Å². The zero-order chi connectivity index (χ0) is 26.9. The number of amides is 3. The number of hydrogen-bond donors (Lipinski definition) is 2. The average molecular weight is 496 g/mol. The Morgan fingerprint density at radius 1 is 0.972 bits per heavy atom. The van der Waals surface area contributed by atoms with E-state index in [2.05, 4.69) is 10.6 Å². The van der Waals surface area contributed by atoms with Crippen molar-refractivity contribution in [3.63, 3.8) is 0 Å². The largest absolute Gasteiger partial charge is 0.444 e. The van der Waals surface area contributed by atoms with Gasteiger partial charge < -0.3 is 20.3 Å². The van der Waals surface area contributed by atoms with E-state index >= 15 is 0 Å². The maximum absolute atomic E-state index is 13.9. The molecule has 0 spiro atoms. The highest BCUT2D eigenvalue weighted by molar-refractivity contribution is 5.92. The zero-order valence-corrected chi connectivity index (χ0v) is 22.6. The van der Waals surface area contributed by atoms with Crippen molar-refractivity contribution in [2.45, 2.75) is 79.1 Å². The van der Waals surface area contributed by atoms with Crippen molar-refractivity contribution in [1.82, 2.24) is 15.5 Å². The molecule has 36 heavy (non-hydrogen) atoms. The lowest BCUT2D eigenvalue weighted by Gasteiger charge is -2.35. The van der Waals surface area contributed by atoms with Crippen LogP contribution in [0.15, 0.2) is 54.6 Å². The Balaban J connectivity index is 2.38. The van der Waals surface area contributed by atoms with Crippen LogP contribution in [0.3, 0.4) is 0 Å². The minimum absolute atomic E-state index is 0.162. The molecule has 3 amide bonds. The van der Waals surface area contributed by atoms with Gasteiger partial charge in [-0.1, -0.05) is 80.4 Å². The smallest absolute Gasteiger partial charge is 0.408 e. The van der Waals surface area contributed by atoms with Crippen LogP contribution >= 0.6 is 0 Å². The number of nitrogens with zero attached hydrogens (tertiary/aromatic N) is 1. The Kier molecular flexibility index (Phi) is 10.5. The molecule has 3 unspecified atom stereocenters. The molecule has 2 aromatic carbocycles. The quantitative estimate of drug-likeness (QED) is 0.478. The Labute approximate surface area is 215 Å². The summed E-state index contributed by atoms with van der Waals surface area (Å²) in [6.45, 7) is 13.6. The van der Waals surface area contributed by atoms with Crippen LogP contribution in [0.4, 0.5) is 4.79 Å². The van der Waals surface area contributed by atoms with Crippen LogP contribution in [0.2, 0.25) is 0 Å².